The lowest BCUT2D eigenvalue weighted by Crippen LogP contribution is -2.48. The molecule has 0 saturated heterocycles. The van der Waals surface area contributed by atoms with Gasteiger partial charge in [-0.05, 0) is 25.1 Å². The molecule has 1 aliphatic heterocycles. The number of alkyl halides is 3. The second kappa shape index (κ2) is 11.5. The van der Waals surface area contributed by atoms with Crippen molar-refractivity contribution in [2.24, 2.45) is 5.92 Å². The van der Waals surface area contributed by atoms with Crippen molar-refractivity contribution < 1.29 is 37.0 Å². The minimum atomic E-state index is -4.65. The first-order valence-corrected chi connectivity index (χ1v) is 11.1. The SMILES string of the molecule is CCC(=O)N1C[C@@H](C)[C@@H](OC)CN(C)C(=O)c2cc(NC(=O)CC(F)(F)F)ccc2OC[C@@H]1C. The van der Waals surface area contributed by atoms with Crippen molar-refractivity contribution in [1.82, 2.24) is 9.80 Å². The molecule has 34 heavy (non-hydrogen) atoms. The molecule has 0 aromatic heterocycles. The van der Waals surface area contributed by atoms with Crippen LogP contribution in [0.15, 0.2) is 18.2 Å². The first kappa shape index (κ1) is 27.4. The number of hydrogen-bond acceptors (Lipinski definition) is 5. The minimum Gasteiger partial charge on any atom is -0.491 e. The molecule has 0 fully saturated rings. The zero-order valence-electron chi connectivity index (χ0n) is 20.1. The van der Waals surface area contributed by atoms with Crippen LogP contribution in [0.2, 0.25) is 0 Å². The third-order valence-corrected chi connectivity index (χ3v) is 5.71. The van der Waals surface area contributed by atoms with E-state index in [-0.39, 0.29) is 54.1 Å². The summed E-state index contributed by atoms with van der Waals surface area (Å²) in [6.45, 7) is 6.29. The predicted octanol–water partition coefficient (Wildman–Crippen LogP) is 3.32. The summed E-state index contributed by atoms with van der Waals surface area (Å²) in [5, 5.41) is 2.17. The number of hydrogen-bond donors (Lipinski definition) is 1. The van der Waals surface area contributed by atoms with Gasteiger partial charge in [0, 0.05) is 45.3 Å². The largest absolute Gasteiger partial charge is 0.491 e. The molecule has 190 valence electrons. The highest BCUT2D eigenvalue weighted by Gasteiger charge is 2.32. The second-order valence-electron chi connectivity index (χ2n) is 8.55. The number of ether oxygens (including phenoxy) is 2. The van der Waals surface area contributed by atoms with Crippen LogP contribution < -0.4 is 10.1 Å². The summed E-state index contributed by atoms with van der Waals surface area (Å²) < 4.78 is 49.0. The molecular formula is C23H32F3N3O5. The van der Waals surface area contributed by atoms with Crippen molar-refractivity contribution in [3.05, 3.63) is 23.8 Å². The molecule has 0 saturated carbocycles. The van der Waals surface area contributed by atoms with Crippen molar-refractivity contribution in [2.45, 2.75) is 51.9 Å². The van der Waals surface area contributed by atoms with E-state index in [1.807, 2.05) is 13.8 Å². The summed E-state index contributed by atoms with van der Waals surface area (Å²) in [6, 6.07) is 3.77. The number of rotatable bonds is 4. The molecule has 0 bridgehead atoms. The number of carbonyl (C=O) groups excluding carboxylic acids is 3. The van der Waals surface area contributed by atoms with Crippen molar-refractivity contribution in [3.63, 3.8) is 0 Å². The van der Waals surface area contributed by atoms with Crippen LogP contribution in [0.4, 0.5) is 18.9 Å². The van der Waals surface area contributed by atoms with E-state index >= 15 is 0 Å². The van der Waals surface area contributed by atoms with Gasteiger partial charge in [-0.15, -0.1) is 0 Å². The lowest BCUT2D eigenvalue weighted by Gasteiger charge is -2.36. The predicted molar refractivity (Wildman–Crippen MR) is 120 cm³/mol. The summed E-state index contributed by atoms with van der Waals surface area (Å²) >= 11 is 0. The van der Waals surface area contributed by atoms with Crippen LogP contribution in [-0.2, 0) is 14.3 Å². The van der Waals surface area contributed by atoms with Crippen molar-refractivity contribution in [2.75, 3.05) is 39.2 Å². The number of anilines is 1. The third kappa shape index (κ3) is 7.34. The number of methoxy groups -OCH3 is 1. The fourth-order valence-electron chi connectivity index (χ4n) is 3.79. The molecule has 11 heteroatoms. The van der Waals surface area contributed by atoms with E-state index in [0.717, 1.165) is 0 Å². The minimum absolute atomic E-state index is 0.0396. The Bertz CT molecular complexity index is 893. The van der Waals surface area contributed by atoms with Crippen LogP contribution in [0.5, 0.6) is 5.75 Å². The average Bonchev–Trinajstić information content (AvgIpc) is 2.76. The Balaban J connectivity index is 2.41. The molecule has 2 rings (SSSR count). The number of amides is 3. The topological polar surface area (TPSA) is 88.2 Å². The van der Waals surface area contributed by atoms with Gasteiger partial charge in [0.15, 0.2) is 0 Å². The summed E-state index contributed by atoms with van der Waals surface area (Å²) in [5.41, 5.74) is 0.119. The molecule has 1 N–H and O–H groups in total. The van der Waals surface area contributed by atoms with Gasteiger partial charge in [-0.25, -0.2) is 0 Å². The quantitative estimate of drug-likeness (QED) is 0.704. The summed E-state index contributed by atoms with van der Waals surface area (Å²) in [4.78, 5) is 40.7. The van der Waals surface area contributed by atoms with E-state index < -0.39 is 24.4 Å². The lowest BCUT2D eigenvalue weighted by atomic mass is 10.0. The van der Waals surface area contributed by atoms with Gasteiger partial charge in [0.25, 0.3) is 5.91 Å². The maximum Gasteiger partial charge on any atom is 0.397 e. The van der Waals surface area contributed by atoms with E-state index in [1.54, 1.807) is 18.9 Å². The van der Waals surface area contributed by atoms with Crippen molar-refractivity contribution >= 4 is 23.4 Å². The monoisotopic (exact) mass is 487 g/mol. The molecule has 3 amide bonds. The van der Waals surface area contributed by atoms with Crippen LogP contribution in [0, 0.1) is 5.92 Å². The number of nitrogens with zero attached hydrogens (tertiary/aromatic N) is 2. The fraction of sp³-hybridized carbons (Fsp3) is 0.609. The summed E-state index contributed by atoms with van der Waals surface area (Å²) in [7, 11) is 3.11. The van der Waals surface area contributed by atoms with Gasteiger partial charge >= 0.3 is 6.18 Å². The smallest absolute Gasteiger partial charge is 0.397 e. The van der Waals surface area contributed by atoms with Gasteiger partial charge in [0.1, 0.15) is 18.8 Å². The molecule has 1 aliphatic rings. The summed E-state index contributed by atoms with van der Waals surface area (Å²) in [6.07, 6.45) is -6.33. The molecule has 0 aliphatic carbocycles. The van der Waals surface area contributed by atoms with Crippen LogP contribution in [0.3, 0.4) is 0 Å². The first-order chi connectivity index (χ1) is 15.9. The summed E-state index contributed by atoms with van der Waals surface area (Å²) in [5.74, 6) is -1.61. The number of likely N-dealkylation sites (N-methyl/N-ethyl adjacent to an activating group) is 1. The van der Waals surface area contributed by atoms with E-state index in [9.17, 15) is 27.6 Å². The Morgan fingerprint density at radius 2 is 1.91 bits per heavy atom. The lowest BCUT2D eigenvalue weighted by molar-refractivity contribution is -0.150. The molecule has 3 atom stereocenters. The van der Waals surface area contributed by atoms with Gasteiger partial charge in [-0.3, -0.25) is 14.4 Å². The second-order valence-corrected chi connectivity index (χ2v) is 8.55. The molecule has 0 radical (unpaired) electrons. The number of fused-ring (bicyclic) bond motifs is 1. The third-order valence-electron chi connectivity index (χ3n) is 5.71. The zero-order chi connectivity index (χ0) is 25.6. The molecule has 8 nitrogen and oxygen atoms in total. The molecule has 0 unspecified atom stereocenters. The highest BCUT2D eigenvalue weighted by atomic mass is 19.4. The molecule has 1 aromatic rings. The number of nitrogens with one attached hydrogen (secondary N) is 1. The molecule has 1 heterocycles. The Morgan fingerprint density at radius 1 is 1.24 bits per heavy atom. The van der Waals surface area contributed by atoms with Gasteiger partial charge in [0.2, 0.25) is 11.8 Å². The van der Waals surface area contributed by atoms with Crippen LogP contribution in [-0.4, -0.2) is 79.7 Å². The van der Waals surface area contributed by atoms with Crippen molar-refractivity contribution in [1.29, 1.82) is 0 Å². The van der Waals surface area contributed by atoms with Gasteiger partial charge in [-0.2, -0.15) is 13.2 Å². The van der Waals surface area contributed by atoms with Crippen LogP contribution >= 0.6 is 0 Å². The standard InChI is InChI=1S/C23H32F3N3O5/c1-6-21(31)29-11-14(2)19(33-5)12-28(4)22(32)17-9-16(27-20(30)10-23(24,25)26)7-8-18(17)34-13-15(29)3/h7-9,14-15,19H,6,10-13H2,1-5H3,(H,27,30)/t14-,15+,19+/m1/s1. The number of carbonyl (C=O) groups is 3. The highest BCUT2D eigenvalue weighted by Crippen LogP contribution is 2.27. The number of benzene rings is 1. The maximum absolute atomic E-state index is 13.2. The van der Waals surface area contributed by atoms with E-state index in [4.69, 9.17) is 9.47 Å². The first-order valence-electron chi connectivity index (χ1n) is 11.1. The van der Waals surface area contributed by atoms with E-state index in [2.05, 4.69) is 5.32 Å². The van der Waals surface area contributed by atoms with Gasteiger partial charge in [0.05, 0.1) is 17.7 Å². The van der Waals surface area contributed by atoms with Crippen LogP contribution in [0.25, 0.3) is 0 Å². The Hall–Kier alpha value is -2.82. The van der Waals surface area contributed by atoms with Crippen molar-refractivity contribution in [3.8, 4) is 5.75 Å². The van der Waals surface area contributed by atoms with E-state index in [0.29, 0.717) is 13.0 Å². The molecule has 0 spiro atoms. The Morgan fingerprint density at radius 3 is 2.50 bits per heavy atom. The molecular weight excluding hydrogens is 455 g/mol. The van der Waals surface area contributed by atoms with Gasteiger partial charge in [-0.1, -0.05) is 13.8 Å². The van der Waals surface area contributed by atoms with Crippen LogP contribution in [0.1, 0.15) is 44.0 Å². The normalized spacial score (nSPS) is 22.2. The number of halogens is 3. The Kier molecular flexibility index (Phi) is 9.31. The fourth-order valence-corrected chi connectivity index (χ4v) is 3.79. The zero-order valence-corrected chi connectivity index (χ0v) is 20.1. The highest BCUT2D eigenvalue weighted by molar-refractivity contribution is 5.99. The van der Waals surface area contributed by atoms with Gasteiger partial charge < -0.3 is 24.6 Å². The Labute approximate surface area is 197 Å². The van der Waals surface area contributed by atoms with E-state index in [1.165, 1.54) is 30.2 Å². The maximum atomic E-state index is 13.2. The molecule has 1 aromatic carbocycles. The average molecular weight is 488 g/mol.